The number of aromatic nitrogens is 2. The third-order valence-electron chi connectivity index (χ3n) is 3.59. The van der Waals surface area contributed by atoms with Gasteiger partial charge in [-0.3, -0.25) is 0 Å². The molecule has 2 aromatic rings. The standard InChI is InChI=1S/C15H19N3O2/c16-13-7-2-1-5-11(13)9-15-17-14(18-20-15)10-12-6-3-4-8-19-12/h1-2,5,7,12H,3-4,6,8-10,16H2. The summed E-state index contributed by atoms with van der Waals surface area (Å²) in [6.45, 7) is 0.843. The lowest BCUT2D eigenvalue weighted by atomic mass is 10.1. The van der Waals surface area contributed by atoms with Gasteiger partial charge in [-0.1, -0.05) is 23.4 Å². The summed E-state index contributed by atoms with van der Waals surface area (Å²) in [6, 6.07) is 7.73. The molecule has 1 aromatic carbocycles. The molecule has 1 unspecified atom stereocenters. The fraction of sp³-hybridized carbons (Fsp3) is 0.467. The van der Waals surface area contributed by atoms with Gasteiger partial charge in [0, 0.05) is 18.7 Å². The highest BCUT2D eigenvalue weighted by Gasteiger charge is 2.18. The summed E-state index contributed by atoms with van der Waals surface area (Å²) >= 11 is 0. The van der Waals surface area contributed by atoms with Gasteiger partial charge in [-0.15, -0.1) is 0 Å². The van der Waals surface area contributed by atoms with E-state index in [2.05, 4.69) is 10.1 Å². The van der Waals surface area contributed by atoms with E-state index in [1.54, 1.807) is 0 Å². The van der Waals surface area contributed by atoms with Gasteiger partial charge in [-0.2, -0.15) is 4.98 Å². The number of nitrogen functional groups attached to an aromatic ring is 1. The van der Waals surface area contributed by atoms with Crippen LogP contribution in [0.2, 0.25) is 0 Å². The Bertz CT molecular complexity index is 562. The average molecular weight is 273 g/mol. The van der Waals surface area contributed by atoms with Crippen molar-refractivity contribution < 1.29 is 9.26 Å². The highest BCUT2D eigenvalue weighted by Crippen LogP contribution is 2.18. The molecule has 1 aliphatic heterocycles. The Morgan fingerprint density at radius 1 is 1.25 bits per heavy atom. The number of hydrogen-bond acceptors (Lipinski definition) is 5. The quantitative estimate of drug-likeness (QED) is 0.865. The molecule has 1 saturated heterocycles. The number of anilines is 1. The van der Waals surface area contributed by atoms with Crippen molar-refractivity contribution >= 4 is 5.69 Å². The van der Waals surface area contributed by atoms with Crippen LogP contribution >= 0.6 is 0 Å². The third kappa shape index (κ3) is 3.17. The van der Waals surface area contributed by atoms with Gasteiger partial charge in [0.2, 0.25) is 5.89 Å². The second-order valence-corrected chi connectivity index (χ2v) is 5.17. The lowest BCUT2D eigenvalue weighted by molar-refractivity contribution is 0.0153. The van der Waals surface area contributed by atoms with Gasteiger partial charge in [-0.25, -0.2) is 0 Å². The molecule has 2 N–H and O–H groups in total. The van der Waals surface area contributed by atoms with Crippen LogP contribution in [0, 0.1) is 0 Å². The summed E-state index contributed by atoms with van der Waals surface area (Å²) in [4.78, 5) is 4.43. The van der Waals surface area contributed by atoms with Crippen molar-refractivity contribution in [2.75, 3.05) is 12.3 Å². The molecular weight excluding hydrogens is 254 g/mol. The predicted octanol–water partition coefficient (Wildman–Crippen LogP) is 2.35. The minimum absolute atomic E-state index is 0.232. The molecule has 0 aliphatic carbocycles. The van der Waals surface area contributed by atoms with E-state index in [0.717, 1.165) is 42.9 Å². The van der Waals surface area contributed by atoms with E-state index < -0.39 is 0 Å². The molecule has 3 rings (SSSR count). The zero-order chi connectivity index (χ0) is 13.8. The molecule has 1 atom stereocenters. The van der Waals surface area contributed by atoms with Crippen molar-refractivity contribution in [2.24, 2.45) is 0 Å². The monoisotopic (exact) mass is 273 g/mol. The van der Waals surface area contributed by atoms with Gasteiger partial charge in [0.25, 0.3) is 0 Å². The summed E-state index contributed by atoms with van der Waals surface area (Å²) in [6.07, 6.45) is 4.99. The summed E-state index contributed by atoms with van der Waals surface area (Å²) in [5.41, 5.74) is 7.68. The lowest BCUT2D eigenvalue weighted by Crippen LogP contribution is -2.21. The Labute approximate surface area is 118 Å². The van der Waals surface area contributed by atoms with E-state index in [4.69, 9.17) is 15.0 Å². The first-order chi connectivity index (χ1) is 9.81. The van der Waals surface area contributed by atoms with E-state index >= 15 is 0 Å². The van der Waals surface area contributed by atoms with Crippen LogP contribution in [0.3, 0.4) is 0 Å². The van der Waals surface area contributed by atoms with Crippen molar-refractivity contribution in [3.8, 4) is 0 Å². The van der Waals surface area contributed by atoms with Gasteiger partial charge in [0.1, 0.15) is 0 Å². The molecule has 5 heteroatoms. The molecule has 0 radical (unpaired) electrons. The predicted molar refractivity (Wildman–Crippen MR) is 75.3 cm³/mol. The summed E-state index contributed by atoms with van der Waals surface area (Å²) in [5.74, 6) is 1.33. The fourth-order valence-corrected chi connectivity index (χ4v) is 2.47. The van der Waals surface area contributed by atoms with Crippen molar-refractivity contribution in [3.05, 3.63) is 41.5 Å². The number of benzene rings is 1. The van der Waals surface area contributed by atoms with Crippen LogP contribution in [0.15, 0.2) is 28.8 Å². The normalized spacial score (nSPS) is 19.1. The zero-order valence-electron chi connectivity index (χ0n) is 11.4. The van der Waals surface area contributed by atoms with Gasteiger partial charge in [0.05, 0.1) is 12.5 Å². The molecule has 0 saturated carbocycles. The van der Waals surface area contributed by atoms with Crippen LogP contribution in [-0.2, 0) is 17.6 Å². The maximum Gasteiger partial charge on any atom is 0.231 e. The Balaban J connectivity index is 1.63. The topological polar surface area (TPSA) is 74.2 Å². The van der Waals surface area contributed by atoms with Gasteiger partial charge < -0.3 is 15.0 Å². The maximum atomic E-state index is 5.91. The number of nitrogens with two attached hydrogens (primary N) is 1. The molecule has 1 fully saturated rings. The van der Waals surface area contributed by atoms with Crippen LogP contribution < -0.4 is 5.73 Å². The summed E-state index contributed by atoms with van der Waals surface area (Å²) in [5, 5.41) is 4.03. The summed E-state index contributed by atoms with van der Waals surface area (Å²) < 4.78 is 11.0. The first-order valence-corrected chi connectivity index (χ1v) is 7.08. The molecule has 2 heterocycles. The number of nitrogens with zero attached hydrogens (tertiary/aromatic N) is 2. The highest BCUT2D eigenvalue weighted by atomic mass is 16.5. The average Bonchev–Trinajstić information content (AvgIpc) is 2.90. The minimum Gasteiger partial charge on any atom is -0.398 e. The number of para-hydroxylation sites is 1. The lowest BCUT2D eigenvalue weighted by Gasteiger charge is -2.20. The number of rotatable bonds is 4. The zero-order valence-corrected chi connectivity index (χ0v) is 11.4. The molecule has 20 heavy (non-hydrogen) atoms. The van der Waals surface area contributed by atoms with Crippen LogP contribution in [0.25, 0.3) is 0 Å². The molecule has 1 aliphatic rings. The number of hydrogen-bond donors (Lipinski definition) is 1. The first-order valence-electron chi connectivity index (χ1n) is 7.08. The van der Waals surface area contributed by atoms with Crippen molar-refractivity contribution in [1.29, 1.82) is 0 Å². The van der Waals surface area contributed by atoms with Gasteiger partial charge in [-0.05, 0) is 30.9 Å². The molecule has 0 spiro atoms. The maximum absolute atomic E-state index is 5.91. The molecule has 0 bridgehead atoms. The van der Waals surface area contributed by atoms with Crippen molar-refractivity contribution in [1.82, 2.24) is 10.1 Å². The van der Waals surface area contributed by atoms with Gasteiger partial charge in [0.15, 0.2) is 5.82 Å². The Morgan fingerprint density at radius 3 is 2.95 bits per heavy atom. The van der Waals surface area contributed by atoms with E-state index in [0.29, 0.717) is 12.3 Å². The minimum atomic E-state index is 0.232. The highest BCUT2D eigenvalue weighted by molar-refractivity contribution is 5.47. The van der Waals surface area contributed by atoms with Crippen LogP contribution in [0.4, 0.5) is 5.69 Å². The SMILES string of the molecule is Nc1ccccc1Cc1nc(CC2CCCCO2)no1. The smallest absolute Gasteiger partial charge is 0.231 e. The second-order valence-electron chi connectivity index (χ2n) is 5.17. The number of ether oxygens (including phenoxy) is 1. The van der Waals surface area contributed by atoms with Crippen LogP contribution in [0.1, 0.15) is 36.5 Å². The first kappa shape index (κ1) is 13.1. The molecule has 0 amide bonds. The van der Waals surface area contributed by atoms with Crippen LogP contribution in [0.5, 0.6) is 0 Å². The van der Waals surface area contributed by atoms with Crippen molar-refractivity contribution in [3.63, 3.8) is 0 Å². The van der Waals surface area contributed by atoms with Crippen molar-refractivity contribution in [2.45, 2.75) is 38.2 Å². The molecule has 106 valence electrons. The van der Waals surface area contributed by atoms with Crippen LogP contribution in [-0.4, -0.2) is 22.9 Å². The molecule has 1 aromatic heterocycles. The molecule has 5 nitrogen and oxygen atoms in total. The fourth-order valence-electron chi connectivity index (χ4n) is 2.47. The van der Waals surface area contributed by atoms with E-state index in [-0.39, 0.29) is 6.10 Å². The van der Waals surface area contributed by atoms with E-state index in [1.165, 1.54) is 6.42 Å². The third-order valence-corrected chi connectivity index (χ3v) is 3.59. The molecular formula is C15H19N3O2. The Morgan fingerprint density at radius 2 is 2.15 bits per heavy atom. The second kappa shape index (κ2) is 6.05. The van der Waals surface area contributed by atoms with E-state index in [9.17, 15) is 0 Å². The Hall–Kier alpha value is -1.88. The van der Waals surface area contributed by atoms with E-state index in [1.807, 2.05) is 24.3 Å². The Kier molecular flexibility index (Phi) is 3.97. The largest absolute Gasteiger partial charge is 0.398 e. The van der Waals surface area contributed by atoms with Gasteiger partial charge >= 0.3 is 0 Å². The summed E-state index contributed by atoms with van der Waals surface area (Å²) in [7, 11) is 0.